The van der Waals surface area contributed by atoms with Gasteiger partial charge in [-0.1, -0.05) is 4.85 Å². The van der Waals surface area contributed by atoms with Gasteiger partial charge in [0.2, 0.25) is 0 Å². The van der Waals surface area contributed by atoms with Gasteiger partial charge in [0.25, 0.3) is 5.62 Å². The number of nitrogens with one attached hydrogen (secondary N) is 1. The maximum atomic E-state index is 8.47. The van der Waals surface area contributed by atoms with Gasteiger partial charge < -0.3 is 5.21 Å². The lowest BCUT2D eigenvalue weighted by atomic mass is 10.9. The van der Waals surface area contributed by atoms with Crippen molar-refractivity contribution in [2.75, 3.05) is 0 Å². The van der Waals surface area contributed by atoms with Gasteiger partial charge in [-0.15, -0.1) is 5.10 Å². The third kappa shape index (κ3) is 0.651. The summed E-state index contributed by atoms with van der Waals surface area (Å²) in [5, 5.41) is 18.5. The molecule has 0 fully saturated rings. The lowest BCUT2D eigenvalue weighted by Crippen LogP contribution is -2.22. The van der Waals surface area contributed by atoms with E-state index in [-0.39, 0.29) is 5.62 Å². The number of hydrogen-bond donors (Lipinski definition) is 2. The Balaban J connectivity index is 3.35. The van der Waals surface area contributed by atoms with Crippen LogP contribution in [0.25, 0.3) is 0 Å². The fourth-order valence-electron chi connectivity index (χ4n) is 0.303. The number of rotatable bonds is 0. The summed E-state index contributed by atoms with van der Waals surface area (Å²) < 4.78 is 0. The Hall–Kier alpha value is -1.39. The van der Waals surface area contributed by atoms with Crippen LogP contribution < -0.4 is 5.62 Å². The van der Waals surface area contributed by atoms with Crippen LogP contribution in [-0.4, -0.2) is 20.1 Å². The van der Waals surface area contributed by atoms with E-state index >= 15 is 0 Å². The molecule has 1 heterocycles. The first-order valence-electron chi connectivity index (χ1n) is 1.95. The second kappa shape index (κ2) is 1.61. The zero-order chi connectivity index (χ0) is 5.98. The molecule has 0 spiro atoms. The van der Waals surface area contributed by atoms with E-state index in [1.54, 1.807) is 0 Å². The Labute approximate surface area is 44.7 Å². The van der Waals surface area contributed by atoms with Crippen molar-refractivity contribution in [3.63, 3.8) is 0 Å². The van der Waals surface area contributed by atoms with Crippen molar-refractivity contribution in [3.05, 3.63) is 18.0 Å². The normalized spacial score (nSPS) is 9.00. The van der Waals surface area contributed by atoms with Gasteiger partial charge in [0.1, 0.15) is 0 Å². The summed E-state index contributed by atoms with van der Waals surface area (Å²) in [7, 11) is 0. The lowest BCUT2D eigenvalue weighted by molar-refractivity contribution is 0.124. The SMILES string of the molecule is N=c1nccnn1O. The largest absolute Gasteiger partial charge is 0.409 e. The molecule has 0 aliphatic rings. The zero-order valence-electron chi connectivity index (χ0n) is 3.94. The van der Waals surface area contributed by atoms with E-state index in [1.807, 2.05) is 0 Å². The van der Waals surface area contributed by atoms with Crippen LogP contribution in [0.3, 0.4) is 0 Å². The van der Waals surface area contributed by atoms with Crippen molar-refractivity contribution in [2.24, 2.45) is 0 Å². The Morgan fingerprint density at radius 1 is 1.62 bits per heavy atom. The van der Waals surface area contributed by atoms with E-state index in [2.05, 4.69) is 10.1 Å². The van der Waals surface area contributed by atoms with Crippen molar-refractivity contribution in [1.29, 1.82) is 5.41 Å². The standard InChI is InChI=1S/C3H4N4O/c4-3-5-1-2-6-7(3)8/h1-2,4,8H. The molecule has 1 aromatic heterocycles. The van der Waals surface area contributed by atoms with E-state index < -0.39 is 0 Å². The van der Waals surface area contributed by atoms with Gasteiger partial charge in [-0.3, -0.25) is 5.41 Å². The number of nitrogens with zero attached hydrogens (tertiary/aromatic N) is 3. The lowest BCUT2D eigenvalue weighted by Gasteiger charge is -1.87. The predicted octanol–water partition coefficient (Wildman–Crippen LogP) is -1.01. The number of aromatic nitrogens is 3. The molecule has 0 saturated heterocycles. The van der Waals surface area contributed by atoms with Gasteiger partial charge in [-0.05, 0) is 0 Å². The first kappa shape index (κ1) is 4.76. The second-order valence-electron chi connectivity index (χ2n) is 1.16. The predicted molar refractivity (Wildman–Crippen MR) is 23.1 cm³/mol. The van der Waals surface area contributed by atoms with Crippen LogP contribution in [0.5, 0.6) is 0 Å². The van der Waals surface area contributed by atoms with Crippen LogP contribution in [-0.2, 0) is 0 Å². The van der Waals surface area contributed by atoms with Crippen LogP contribution in [0.4, 0.5) is 0 Å². The summed E-state index contributed by atoms with van der Waals surface area (Å²) in [5.41, 5.74) is -0.271. The third-order valence-electron chi connectivity index (χ3n) is 0.629. The molecule has 0 saturated carbocycles. The van der Waals surface area contributed by atoms with Gasteiger partial charge in [0.15, 0.2) is 0 Å². The van der Waals surface area contributed by atoms with Crippen LogP contribution in [0, 0.1) is 5.41 Å². The third-order valence-corrected chi connectivity index (χ3v) is 0.629. The smallest absolute Gasteiger partial charge is 0.276 e. The van der Waals surface area contributed by atoms with E-state index in [0.29, 0.717) is 4.85 Å². The molecular weight excluding hydrogens is 108 g/mol. The van der Waals surface area contributed by atoms with Crippen molar-refractivity contribution < 1.29 is 5.21 Å². The van der Waals surface area contributed by atoms with E-state index in [1.165, 1.54) is 12.4 Å². The highest BCUT2D eigenvalue weighted by atomic mass is 16.5. The molecule has 0 aliphatic carbocycles. The summed E-state index contributed by atoms with van der Waals surface area (Å²) >= 11 is 0. The Morgan fingerprint density at radius 3 is 2.75 bits per heavy atom. The summed E-state index contributed by atoms with van der Waals surface area (Å²) in [6, 6.07) is 0. The molecule has 2 N–H and O–H groups in total. The Kier molecular flexibility index (Phi) is 0.957. The summed E-state index contributed by atoms with van der Waals surface area (Å²) in [6.45, 7) is 0. The average molecular weight is 112 g/mol. The molecule has 0 bridgehead atoms. The minimum absolute atomic E-state index is 0.271. The molecule has 0 amide bonds. The molecule has 5 nitrogen and oxygen atoms in total. The Bertz CT molecular complexity index is 229. The fourth-order valence-corrected chi connectivity index (χ4v) is 0.303. The molecule has 42 valence electrons. The van der Waals surface area contributed by atoms with Crippen LogP contribution in [0.15, 0.2) is 12.4 Å². The molecule has 5 heteroatoms. The highest BCUT2D eigenvalue weighted by Gasteiger charge is 1.81. The van der Waals surface area contributed by atoms with Crippen LogP contribution >= 0.6 is 0 Å². The molecule has 1 aromatic rings. The molecule has 1 rings (SSSR count). The molecule has 8 heavy (non-hydrogen) atoms. The van der Waals surface area contributed by atoms with E-state index in [0.717, 1.165) is 0 Å². The van der Waals surface area contributed by atoms with Gasteiger partial charge in [0.05, 0.1) is 12.4 Å². The first-order valence-corrected chi connectivity index (χ1v) is 1.95. The van der Waals surface area contributed by atoms with Crippen molar-refractivity contribution >= 4 is 0 Å². The van der Waals surface area contributed by atoms with E-state index in [4.69, 9.17) is 10.6 Å². The minimum atomic E-state index is -0.271. The topological polar surface area (TPSA) is 74.8 Å². The quantitative estimate of drug-likeness (QED) is 0.422. The molecule has 0 aliphatic heterocycles. The molecule has 0 atom stereocenters. The van der Waals surface area contributed by atoms with Crippen molar-refractivity contribution in [1.82, 2.24) is 14.9 Å². The Morgan fingerprint density at radius 2 is 2.38 bits per heavy atom. The molecular formula is C3H4N4O. The first-order chi connectivity index (χ1) is 3.80. The fraction of sp³-hybridized carbons (Fsp3) is 0. The summed E-state index contributed by atoms with van der Waals surface area (Å²) in [6.07, 6.45) is 2.62. The summed E-state index contributed by atoms with van der Waals surface area (Å²) in [4.78, 5) is 3.78. The van der Waals surface area contributed by atoms with E-state index in [9.17, 15) is 0 Å². The maximum Gasteiger partial charge on any atom is 0.276 e. The maximum absolute atomic E-state index is 8.47. The highest BCUT2D eigenvalue weighted by Crippen LogP contribution is 1.58. The van der Waals surface area contributed by atoms with Crippen molar-refractivity contribution in [2.45, 2.75) is 0 Å². The van der Waals surface area contributed by atoms with Gasteiger partial charge in [0, 0.05) is 0 Å². The number of hydrogen-bond acceptors (Lipinski definition) is 4. The molecule has 0 aromatic carbocycles. The highest BCUT2D eigenvalue weighted by molar-refractivity contribution is 4.60. The molecule has 0 radical (unpaired) electrons. The van der Waals surface area contributed by atoms with Crippen LogP contribution in [0.2, 0.25) is 0 Å². The van der Waals surface area contributed by atoms with Crippen LogP contribution in [0.1, 0.15) is 0 Å². The van der Waals surface area contributed by atoms with Gasteiger partial charge >= 0.3 is 0 Å². The van der Waals surface area contributed by atoms with Gasteiger partial charge in [-0.25, -0.2) is 4.98 Å². The zero-order valence-corrected chi connectivity index (χ0v) is 3.94. The monoisotopic (exact) mass is 112 g/mol. The van der Waals surface area contributed by atoms with Crippen molar-refractivity contribution in [3.8, 4) is 0 Å². The average Bonchev–Trinajstić information content (AvgIpc) is 1.77. The van der Waals surface area contributed by atoms with Gasteiger partial charge in [-0.2, -0.15) is 0 Å². The summed E-state index contributed by atoms with van der Waals surface area (Å²) in [5.74, 6) is 0. The minimum Gasteiger partial charge on any atom is -0.409 e. The molecule has 0 unspecified atom stereocenters. The second-order valence-corrected chi connectivity index (χ2v) is 1.16.